The second-order valence-corrected chi connectivity index (χ2v) is 6.56. The smallest absolute Gasteiger partial charge is 0.230 e. The zero-order valence-corrected chi connectivity index (χ0v) is 14.5. The van der Waals surface area contributed by atoms with Crippen LogP contribution in [0.4, 0.5) is 0 Å². The average molecular weight is 368 g/mol. The van der Waals surface area contributed by atoms with E-state index in [9.17, 15) is 9.59 Å². The predicted octanol–water partition coefficient (Wildman–Crippen LogP) is 4.23. The first kappa shape index (κ1) is 17.9. The first-order valence-electron chi connectivity index (χ1n) is 6.93. The van der Waals surface area contributed by atoms with Crippen molar-refractivity contribution in [1.82, 2.24) is 5.32 Å². The molecule has 0 bridgehead atoms. The van der Waals surface area contributed by atoms with Crippen molar-refractivity contribution in [2.75, 3.05) is 12.3 Å². The lowest BCUT2D eigenvalue weighted by Crippen LogP contribution is -2.30. The van der Waals surface area contributed by atoms with E-state index >= 15 is 0 Å². The molecule has 0 saturated carbocycles. The van der Waals surface area contributed by atoms with Gasteiger partial charge in [0.05, 0.1) is 12.3 Å². The number of ketones is 1. The van der Waals surface area contributed by atoms with Crippen LogP contribution in [0, 0.1) is 0 Å². The molecule has 0 unspecified atom stereocenters. The monoisotopic (exact) mass is 367 g/mol. The summed E-state index contributed by atoms with van der Waals surface area (Å²) in [6.45, 7) is -0.00371. The van der Waals surface area contributed by atoms with Crippen molar-refractivity contribution in [3.8, 4) is 0 Å². The van der Waals surface area contributed by atoms with Crippen LogP contribution in [0.2, 0.25) is 10.0 Å². The molecule has 0 radical (unpaired) electrons. The van der Waals surface area contributed by atoms with Gasteiger partial charge in [-0.25, -0.2) is 0 Å². The Morgan fingerprint density at radius 1 is 0.957 bits per heavy atom. The summed E-state index contributed by atoms with van der Waals surface area (Å²) >= 11 is 13.5. The number of carbonyl (C=O) groups excluding carboxylic acids is 2. The van der Waals surface area contributed by atoms with Gasteiger partial charge in [0.1, 0.15) is 0 Å². The fraction of sp³-hybridized carbons (Fsp3) is 0.176. The summed E-state index contributed by atoms with van der Waals surface area (Å²) in [5, 5.41) is 3.80. The van der Waals surface area contributed by atoms with E-state index in [1.54, 1.807) is 42.5 Å². The van der Waals surface area contributed by atoms with E-state index in [-0.39, 0.29) is 24.0 Å². The van der Waals surface area contributed by atoms with Gasteiger partial charge < -0.3 is 5.32 Å². The summed E-state index contributed by atoms with van der Waals surface area (Å²) in [4.78, 5) is 23.7. The van der Waals surface area contributed by atoms with Gasteiger partial charge in [0.25, 0.3) is 0 Å². The SMILES string of the molecule is O=C(CSCc1c(Cl)cccc1Cl)NCC(=O)c1ccccc1. The van der Waals surface area contributed by atoms with E-state index in [2.05, 4.69) is 5.32 Å². The Morgan fingerprint density at radius 3 is 2.26 bits per heavy atom. The number of benzene rings is 2. The third kappa shape index (κ3) is 5.57. The van der Waals surface area contributed by atoms with Crippen molar-refractivity contribution < 1.29 is 9.59 Å². The second kappa shape index (κ2) is 8.96. The highest BCUT2D eigenvalue weighted by molar-refractivity contribution is 7.99. The molecule has 120 valence electrons. The molecule has 0 aliphatic rings. The van der Waals surface area contributed by atoms with Crippen molar-refractivity contribution >= 4 is 46.7 Å². The Hall–Kier alpha value is -1.49. The van der Waals surface area contributed by atoms with Crippen molar-refractivity contribution in [2.24, 2.45) is 0 Å². The van der Waals surface area contributed by atoms with Crippen LogP contribution in [-0.2, 0) is 10.5 Å². The number of rotatable bonds is 7. The van der Waals surface area contributed by atoms with E-state index in [0.717, 1.165) is 5.56 Å². The van der Waals surface area contributed by atoms with Crippen LogP contribution >= 0.6 is 35.0 Å². The van der Waals surface area contributed by atoms with Gasteiger partial charge in [-0.15, -0.1) is 11.8 Å². The highest BCUT2D eigenvalue weighted by atomic mass is 35.5. The number of amides is 1. The molecule has 3 nitrogen and oxygen atoms in total. The van der Waals surface area contributed by atoms with Gasteiger partial charge in [0.15, 0.2) is 5.78 Å². The first-order chi connectivity index (χ1) is 11.1. The molecule has 0 atom stereocenters. The molecule has 2 rings (SSSR count). The quantitative estimate of drug-likeness (QED) is 0.744. The lowest BCUT2D eigenvalue weighted by atomic mass is 10.1. The zero-order valence-electron chi connectivity index (χ0n) is 12.2. The molecular formula is C17H15Cl2NO2S. The molecule has 0 aliphatic carbocycles. The molecule has 0 fully saturated rings. The number of hydrogen-bond acceptors (Lipinski definition) is 3. The Bertz CT molecular complexity index is 672. The Balaban J connectivity index is 1.74. The van der Waals surface area contributed by atoms with Crippen LogP contribution in [0.3, 0.4) is 0 Å². The van der Waals surface area contributed by atoms with Gasteiger partial charge in [0.2, 0.25) is 5.91 Å². The van der Waals surface area contributed by atoms with Gasteiger partial charge in [-0.05, 0) is 17.7 Å². The number of Topliss-reactive ketones (excluding diaryl/α,β-unsaturated/α-hetero) is 1. The number of hydrogen-bond donors (Lipinski definition) is 1. The highest BCUT2D eigenvalue weighted by Gasteiger charge is 2.09. The summed E-state index contributed by atoms with van der Waals surface area (Å²) in [5.41, 5.74) is 1.40. The number of thioether (sulfide) groups is 1. The lowest BCUT2D eigenvalue weighted by Gasteiger charge is -2.07. The van der Waals surface area contributed by atoms with E-state index in [4.69, 9.17) is 23.2 Å². The van der Waals surface area contributed by atoms with Crippen molar-refractivity contribution in [3.05, 3.63) is 69.7 Å². The van der Waals surface area contributed by atoms with Crippen LogP contribution in [0.15, 0.2) is 48.5 Å². The summed E-state index contributed by atoms with van der Waals surface area (Å²) < 4.78 is 0. The van der Waals surface area contributed by atoms with Crippen LogP contribution in [0.5, 0.6) is 0 Å². The standard InChI is InChI=1S/C17H15Cl2NO2S/c18-14-7-4-8-15(19)13(14)10-23-11-17(22)20-9-16(21)12-5-2-1-3-6-12/h1-8H,9-11H2,(H,20,22). The van der Waals surface area contributed by atoms with Crippen molar-refractivity contribution in [3.63, 3.8) is 0 Å². The molecule has 1 amide bonds. The Morgan fingerprint density at radius 2 is 1.61 bits per heavy atom. The number of halogens is 2. The largest absolute Gasteiger partial charge is 0.348 e. The molecule has 2 aromatic rings. The van der Waals surface area contributed by atoms with Gasteiger partial charge in [0, 0.05) is 21.4 Å². The minimum atomic E-state index is -0.192. The second-order valence-electron chi connectivity index (χ2n) is 4.76. The summed E-state index contributed by atoms with van der Waals surface area (Å²) in [6, 6.07) is 14.2. The van der Waals surface area contributed by atoms with E-state index in [0.29, 0.717) is 21.4 Å². The predicted molar refractivity (Wildman–Crippen MR) is 96.4 cm³/mol. The molecular weight excluding hydrogens is 353 g/mol. The van der Waals surface area contributed by atoms with Crippen LogP contribution in [0.25, 0.3) is 0 Å². The zero-order chi connectivity index (χ0) is 16.7. The van der Waals surface area contributed by atoms with Crippen molar-refractivity contribution in [1.29, 1.82) is 0 Å². The molecule has 0 spiro atoms. The fourth-order valence-corrected chi connectivity index (χ4v) is 3.47. The molecule has 0 heterocycles. The summed E-state index contributed by atoms with van der Waals surface area (Å²) in [5.74, 6) is 0.475. The maximum absolute atomic E-state index is 11.9. The van der Waals surface area contributed by atoms with Crippen LogP contribution in [-0.4, -0.2) is 24.0 Å². The minimum absolute atomic E-state index is 0.00371. The molecule has 1 N–H and O–H groups in total. The van der Waals surface area contributed by atoms with E-state index in [1.165, 1.54) is 11.8 Å². The molecule has 6 heteroatoms. The molecule has 0 saturated heterocycles. The normalized spacial score (nSPS) is 10.3. The summed E-state index contributed by atoms with van der Waals surface area (Å²) in [6.07, 6.45) is 0. The minimum Gasteiger partial charge on any atom is -0.348 e. The Labute approximate surface area is 149 Å². The van der Waals surface area contributed by atoms with Gasteiger partial charge in [-0.3, -0.25) is 9.59 Å². The van der Waals surface area contributed by atoms with Crippen molar-refractivity contribution in [2.45, 2.75) is 5.75 Å². The van der Waals surface area contributed by atoms with Gasteiger partial charge in [-0.1, -0.05) is 59.6 Å². The maximum Gasteiger partial charge on any atom is 0.230 e. The van der Waals surface area contributed by atoms with Gasteiger partial charge >= 0.3 is 0 Å². The van der Waals surface area contributed by atoms with E-state index in [1.807, 2.05) is 6.07 Å². The number of carbonyl (C=O) groups is 2. The average Bonchev–Trinajstić information content (AvgIpc) is 2.56. The third-order valence-corrected chi connectivity index (χ3v) is 4.75. The lowest BCUT2D eigenvalue weighted by molar-refractivity contribution is -0.118. The highest BCUT2D eigenvalue weighted by Crippen LogP contribution is 2.28. The maximum atomic E-state index is 11.9. The molecule has 2 aromatic carbocycles. The topological polar surface area (TPSA) is 46.2 Å². The number of nitrogens with one attached hydrogen (secondary N) is 1. The van der Waals surface area contributed by atoms with Crippen LogP contribution < -0.4 is 5.32 Å². The van der Waals surface area contributed by atoms with E-state index < -0.39 is 0 Å². The Kier molecular flexibility index (Phi) is 6.96. The first-order valence-corrected chi connectivity index (χ1v) is 8.84. The fourth-order valence-electron chi connectivity index (χ4n) is 1.87. The molecule has 0 aromatic heterocycles. The molecule has 23 heavy (non-hydrogen) atoms. The molecule has 0 aliphatic heterocycles. The van der Waals surface area contributed by atoms with Gasteiger partial charge in [-0.2, -0.15) is 0 Å². The van der Waals surface area contributed by atoms with Crippen LogP contribution in [0.1, 0.15) is 15.9 Å². The summed E-state index contributed by atoms with van der Waals surface area (Å²) in [7, 11) is 0. The third-order valence-electron chi connectivity index (χ3n) is 3.08.